The minimum Gasteiger partial charge on any atom is -0.344 e. The first-order valence-corrected chi connectivity index (χ1v) is 6.40. The van der Waals surface area contributed by atoms with E-state index in [2.05, 4.69) is 16.0 Å². The van der Waals surface area contributed by atoms with Gasteiger partial charge in [-0.1, -0.05) is 0 Å². The number of alkyl halides is 1. The number of anilines is 1. The minimum absolute atomic E-state index is 0.466. The molecule has 0 unspecified atom stereocenters. The van der Waals surface area contributed by atoms with Gasteiger partial charge in [0.1, 0.15) is 0 Å². The predicted molar refractivity (Wildman–Crippen MR) is 62.3 cm³/mol. The van der Waals surface area contributed by atoms with Crippen LogP contribution in [0.5, 0.6) is 0 Å². The fourth-order valence-corrected chi connectivity index (χ4v) is 2.63. The van der Waals surface area contributed by atoms with Gasteiger partial charge in [0.2, 0.25) is 0 Å². The van der Waals surface area contributed by atoms with E-state index in [1.807, 2.05) is 5.38 Å². The summed E-state index contributed by atoms with van der Waals surface area (Å²) < 4.78 is 0. The molecule has 2 rings (SSSR count). The van der Waals surface area contributed by atoms with Crippen LogP contribution in [0.1, 0.15) is 25.0 Å². The Hall–Kier alpha value is -0.790. The Morgan fingerprint density at radius 1 is 1.67 bits per heavy atom. The smallest absolute Gasteiger partial charge is 0.185 e. The van der Waals surface area contributed by atoms with Gasteiger partial charge in [-0.05, 0) is 12.8 Å². The van der Waals surface area contributed by atoms with Crippen LogP contribution >= 0.6 is 22.9 Å². The van der Waals surface area contributed by atoms with Crippen molar-refractivity contribution in [1.29, 1.82) is 5.26 Å². The summed E-state index contributed by atoms with van der Waals surface area (Å²) in [7, 11) is 0. The summed E-state index contributed by atoms with van der Waals surface area (Å²) in [5.41, 5.74) is 0.930. The molecule has 1 aromatic rings. The van der Waals surface area contributed by atoms with Gasteiger partial charge < -0.3 is 4.90 Å². The van der Waals surface area contributed by atoms with Crippen molar-refractivity contribution in [3.8, 4) is 6.07 Å². The van der Waals surface area contributed by atoms with E-state index < -0.39 is 0 Å². The molecular formula is C10H12ClN3S. The zero-order chi connectivity index (χ0) is 10.7. The van der Waals surface area contributed by atoms with Crippen molar-refractivity contribution in [1.82, 2.24) is 4.98 Å². The van der Waals surface area contributed by atoms with Crippen LogP contribution in [0.4, 0.5) is 5.13 Å². The molecule has 0 N–H and O–H groups in total. The van der Waals surface area contributed by atoms with E-state index in [0.29, 0.717) is 18.3 Å². The summed E-state index contributed by atoms with van der Waals surface area (Å²) in [6.07, 6.45) is 3.01. The van der Waals surface area contributed by atoms with E-state index in [9.17, 15) is 0 Å². The van der Waals surface area contributed by atoms with Gasteiger partial charge in [0.05, 0.1) is 24.1 Å². The SMILES string of the molecule is N#CCCN(c1nc(CCl)cs1)C1CC1. The van der Waals surface area contributed by atoms with Crippen LogP contribution in [-0.4, -0.2) is 17.6 Å². The number of nitrogens with zero attached hydrogens (tertiary/aromatic N) is 3. The molecule has 1 fully saturated rings. The molecule has 0 radical (unpaired) electrons. The standard InChI is InChI=1S/C10H12ClN3S/c11-6-8-7-15-10(13-8)14(5-1-4-12)9-2-3-9/h7,9H,1-3,5-6H2. The molecule has 1 aromatic heterocycles. The van der Waals surface area contributed by atoms with Crippen molar-refractivity contribution >= 4 is 28.1 Å². The van der Waals surface area contributed by atoms with Crippen molar-refractivity contribution in [3.63, 3.8) is 0 Å². The molecule has 0 bridgehead atoms. The van der Waals surface area contributed by atoms with Gasteiger partial charge in [-0.2, -0.15) is 5.26 Å². The molecule has 1 heterocycles. The second-order valence-electron chi connectivity index (χ2n) is 3.59. The highest BCUT2D eigenvalue weighted by molar-refractivity contribution is 7.13. The van der Waals surface area contributed by atoms with Gasteiger partial charge >= 0.3 is 0 Å². The van der Waals surface area contributed by atoms with Crippen molar-refractivity contribution in [3.05, 3.63) is 11.1 Å². The van der Waals surface area contributed by atoms with Gasteiger partial charge in [-0.3, -0.25) is 0 Å². The molecule has 3 nitrogen and oxygen atoms in total. The molecule has 0 aromatic carbocycles. The molecule has 0 atom stereocenters. The van der Waals surface area contributed by atoms with Crippen molar-refractivity contribution < 1.29 is 0 Å². The van der Waals surface area contributed by atoms with Gasteiger partial charge in [0.15, 0.2) is 5.13 Å². The van der Waals surface area contributed by atoms with E-state index in [4.69, 9.17) is 16.9 Å². The van der Waals surface area contributed by atoms with Crippen LogP contribution in [0.15, 0.2) is 5.38 Å². The van der Waals surface area contributed by atoms with E-state index in [1.54, 1.807) is 11.3 Å². The van der Waals surface area contributed by atoms with E-state index >= 15 is 0 Å². The maximum atomic E-state index is 8.60. The van der Waals surface area contributed by atoms with Gasteiger partial charge in [-0.25, -0.2) is 4.98 Å². The van der Waals surface area contributed by atoms with Crippen LogP contribution in [0.2, 0.25) is 0 Å². The van der Waals surface area contributed by atoms with E-state index in [0.717, 1.165) is 17.4 Å². The Balaban J connectivity index is 2.06. The quantitative estimate of drug-likeness (QED) is 0.745. The first-order chi connectivity index (χ1) is 7.35. The molecular weight excluding hydrogens is 230 g/mol. The van der Waals surface area contributed by atoms with Crippen molar-refractivity contribution in [2.24, 2.45) is 0 Å². The number of rotatable bonds is 5. The molecule has 0 spiro atoms. The van der Waals surface area contributed by atoms with Crippen LogP contribution in [0.3, 0.4) is 0 Å². The molecule has 0 amide bonds. The average Bonchev–Trinajstić information content (AvgIpc) is 2.97. The summed E-state index contributed by atoms with van der Waals surface area (Å²) >= 11 is 7.34. The Morgan fingerprint density at radius 2 is 2.47 bits per heavy atom. The second-order valence-corrected chi connectivity index (χ2v) is 4.69. The van der Waals surface area contributed by atoms with Crippen LogP contribution in [0, 0.1) is 11.3 Å². The lowest BCUT2D eigenvalue weighted by Crippen LogP contribution is -2.26. The lowest BCUT2D eigenvalue weighted by atomic mass is 10.4. The van der Waals surface area contributed by atoms with Crippen LogP contribution in [-0.2, 0) is 5.88 Å². The number of thiazole rings is 1. The number of hydrogen-bond acceptors (Lipinski definition) is 4. The van der Waals surface area contributed by atoms with Crippen LogP contribution in [0.25, 0.3) is 0 Å². The Kier molecular flexibility index (Phi) is 3.45. The zero-order valence-corrected chi connectivity index (χ0v) is 9.89. The first-order valence-electron chi connectivity index (χ1n) is 4.99. The average molecular weight is 242 g/mol. The highest BCUT2D eigenvalue weighted by Crippen LogP contribution is 2.33. The maximum Gasteiger partial charge on any atom is 0.185 e. The molecule has 1 aliphatic rings. The molecule has 0 aliphatic heterocycles. The van der Waals surface area contributed by atoms with Crippen LogP contribution < -0.4 is 4.90 Å². The minimum atomic E-state index is 0.466. The molecule has 5 heteroatoms. The highest BCUT2D eigenvalue weighted by atomic mass is 35.5. The highest BCUT2D eigenvalue weighted by Gasteiger charge is 2.30. The molecule has 1 saturated carbocycles. The number of aromatic nitrogens is 1. The Labute approximate surface area is 98.3 Å². The van der Waals surface area contributed by atoms with Gasteiger partial charge in [0.25, 0.3) is 0 Å². The number of hydrogen-bond donors (Lipinski definition) is 0. The fourth-order valence-electron chi connectivity index (χ4n) is 1.48. The summed E-state index contributed by atoms with van der Waals surface area (Å²) in [6, 6.07) is 2.78. The summed E-state index contributed by atoms with van der Waals surface area (Å²) in [6.45, 7) is 0.788. The monoisotopic (exact) mass is 241 g/mol. The van der Waals surface area contributed by atoms with E-state index in [-0.39, 0.29) is 0 Å². The molecule has 80 valence electrons. The van der Waals surface area contributed by atoms with Gasteiger partial charge in [-0.15, -0.1) is 22.9 Å². The number of nitriles is 1. The third-order valence-electron chi connectivity index (χ3n) is 2.37. The lowest BCUT2D eigenvalue weighted by Gasteiger charge is -2.19. The van der Waals surface area contributed by atoms with E-state index in [1.165, 1.54) is 12.8 Å². The third-order valence-corrected chi connectivity index (χ3v) is 3.57. The second kappa shape index (κ2) is 4.82. The molecule has 1 aliphatic carbocycles. The lowest BCUT2D eigenvalue weighted by molar-refractivity contribution is 0.787. The fraction of sp³-hybridized carbons (Fsp3) is 0.600. The topological polar surface area (TPSA) is 39.9 Å². The molecule has 0 saturated heterocycles. The molecule has 15 heavy (non-hydrogen) atoms. The summed E-state index contributed by atoms with van der Waals surface area (Å²) in [4.78, 5) is 6.69. The van der Waals surface area contributed by atoms with Crippen molar-refractivity contribution in [2.45, 2.75) is 31.2 Å². The maximum absolute atomic E-state index is 8.60. The van der Waals surface area contributed by atoms with Gasteiger partial charge in [0, 0.05) is 18.0 Å². The summed E-state index contributed by atoms with van der Waals surface area (Å²) in [5.74, 6) is 0.466. The third kappa shape index (κ3) is 2.61. The summed E-state index contributed by atoms with van der Waals surface area (Å²) in [5, 5.41) is 11.6. The predicted octanol–water partition coefficient (Wildman–Crippen LogP) is 2.76. The largest absolute Gasteiger partial charge is 0.344 e. The Morgan fingerprint density at radius 3 is 3.00 bits per heavy atom. The zero-order valence-electron chi connectivity index (χ0n) is 8.32. The first kappa shape index (κ1) is 10.7. The Bertz CT molecular complexity index is 367. The normalized spacial score (nSPS) is 14.9. The number of halogens is 1. The van der Waals surface area contributed by atoms with Crippen molar-refractivity contribution in [2.75, 3.05) is 11.4 Å².